The zero-order valence-corrected chi connectivity index (χ0v) is 23.3. The molecule has 1 aliphatic carbocycles. The molecular formula is C33H31ClN2O5. The van der Waals surface area contributed by atoms with Crippen molar-refractivity contribution in [2.24, 2.45) is 0 Å². The Morgan fingerprint density at radius 3 is 2.24 bits per heavy atom. The number of carbonyl (C=O) groups is 2. The fourth-order valence-corrected chi connectivity index (χ4v) is 5.13. The summed E-state index contributed by atoms with van der Waals surface area (Å²) in [7, 11) is 0. The van der Waals surface area contributed by atoms with Gasteiger partial charge in [-0.3, -0.25) is 19.3 Å². The molecule has 1 heterocycles. The summed E-state index contributed by atoms with van der Waals surface area (Å²) < 4.78 is 11.6. The number of halogens is 1. The van der Waals surface area contributed by atoms with Crippen molar-refractivity contribution in [3.8, 4) is 5.75 Å². The molecule has 1 unspecified atom stereocenters. The lowest BCUT2D eigenvalue weighted by atomic mass is 9.95. The lowest BCUT2D eigenvalue weighted by molar-refractivity contribution is -0.123. The van der Waals surface area contributed by atoms with Gasteiger partial charge in [0.15, 0.2) is 6.04 Å². The van der Waals surface area contributed by atoms with Crippen LogP contribution in [0.25, 0.3) is 0 Å². The number of nitrogens with zero attached hydrogens (tertiary/aromatic N) is 1. The molecule has 210 valence electrons. The summed E-state index contributed by atoms with van der Waals surface area (Å²) in [5.41, 5.74) is 1.24. The Kier molecular flexibility index (Phi) is 9.16. The molecule has 2 amide bonds. The molecule has 1 aliphatic rings. The number of hydrogen-bond donors (Lipinski definition) is 1. The number of rotatable bonds is 9. The van der Waals surface area contributed by atoms with Gasteiger partial charge in [-0.15, -0.1) is 0 Å². The minimum atomic E-state index is -1.26. The van der Waals surface area contributed by atoms with Crippen LogP contribution in [0.2, 0.25) is 5.02 Å². The fraction of sp³-hybridized carbons (Fsp3) is 0.242. The standard InChI is InChI=1S/C33H31ClN2O5/c34-25-16-18-27(19-17-25)36(33(39)24-12-6-2-7-13-24)31(32(38)35-26-14-8-3-9-15-26)29-20-28(37)30(22-41-29)40-21-23-10-4-1-5-11-23/h1-2,4-7,10-13,16-20,22,26,31H,3,8-9,14-15,21H2,(H,35,38). The molecule has 0 spiro atoms. The van der Waals surface area contributed by atoms with Crippen LogP contribution in [-0.4, -0.2) is 17.9 Å². The van der Waals surface area contributed by atoms with E-state index in [4.69, 9.17) is 20.8 Å². The van der Waals surface area contributed by atoms with Crippen LogP contribution in [0.4, 0.5) is 5.69 Å². The van der Waals surface area contributed by atoms with Gasteiger partial charge in [-0.05, 0) is 54.8 Å². The van der Waals surface area contributed by atoms with Crippen LogP contribution >= 0.6 is 11.6 Å². The first-order valence-corrected chi connectivity index (χ1v) is 14.1. The Morgan fingerprint density at radius 1 is 0.927 bits per heavy atom. The van der Waals surface area contributed by atoms with Gasteiger partial charge < -0.3 is 14.5 Å². The van der Waals surface area contributed by atoms with E-state index in [-0.39, 0.29) is 24.2 Å². The quantitative estimate of drug-likeness (QED) is 0.242. The molecule has 1 atom stereocenters. The molecule has 4 aromatic rings. The van der Waals surface area contributed by atoms with E-state index in [0.29, 0.717) is 16.3 Å². The Labute approximate surface area is 243 Å². The normalized spacial score (nSPS) is 14.2. The van der Waals surface area contributed by atoms with Crippen molar-refractivity contribution in [2.75, 3.05) is 4.90 Å². The summed E-state index contributed by atoms with van der Waals surface area (Å²) in [5.74, 6) is -0.827. The van der Waals surface area contributed by atoms with E-state index in [1.807, 2.05) is 36.4 Å². The summed E-state index contributed by atoms with van der Waals surface area (Å²) in [6.07, 6.45) is 6.06. The highest BCUT2D eigenvalue weighted by atomic mass is 35.5. The average molecular weight is 571 g/mol. The van der Waals surface area contributed by atoms with Gasteiger partial charge in [-0.1, -0.05) is 79.4 Å². The Balaban J connectivity index is 1.54. The molecule has 41 heavy (non-hydrogen) atoms. The molecule has 0 aliphatic heterocycles. The number of ether oxygens (including phenoxy) is 1. The zero-order chi connectivity index (χ0) is 28.6. The Hall–Kier alpha value is -4.36. The third kappa shape index (κ3) is 7.05. The minimum Gasteiger partial charge on any atom is -0.482 e. The molecular weight excluding hydrogens is 540 g/mol. The zero-order valence-electron chi connectivity index (χ0n) is 22.5. The summed E-state index contributed by atoms with van der Waals surface area (Å²) in [6.45, 7) is 0.180. The maximum absolute atomic E-state index is 14.0. The van der Waals surface area contributed by atoms with Crippen LogP contribution in [0.5, 0.6) is 5.75 Å². The van der Waals surface area contributed by atoms with Gasteiger partial charge in [0.2, 0.25) is 11.2 Å². The lowest BCUT2D eigenvalue weighted by Crippen LogP contribution is -2.47. The molecule has 3 aromatic carbocycles. The maximum atomic E-state index is 14.0. The summed E-state index contributed by atoms with van der Waals surface area (Å²) in [4.78, 5) is 42.6. The molecule has 7 nitrogen and oxygen atoms in total. The third-order valence-corrected chi connectivity index (χ3v) is 7.38. The highest BCUT2D eigenvalue weighted by Gasteiger charge is 2.37. The van der Waals surface area contributed by atoms with Crippen molar-refractivity contribution in [2.45, 2.75) is 50.8 Å². The summed E-state index contributed by atoms with van der Waals surface area (Å²) in [6, 6.07) is 24.7. The Morgan fingerprint density at radius 2 is 1.59 bits per heavy atom. The molecule has 8 heteroatoms. The van der Waals surface area contributed by atoms with Gasteiger partial charge in [0, 0.05) is 28.4 Å². The van der Waals surface area contributed by atoms with Crippen molar-refractivity contribution < 1.29 is 18.7 Å². The van der Waals surface area contributed by atoms with Crippen molar-refractivity contribution in [1.82, 2.24) is 5.32 Å². The van der Waals surface area contributed by atoms with Gasteiger partial charge >= 0.3 is 0 Å². The summed E-state index contributed by atoms with van der Waals surface area (Å²) >= 11 is 6.16. The molecule has 1 N–H and O–H groups in total. The van der Waals surface area contributed by atoms with Crippen molar-refractivity contribution >= 4 is 29.1 Å². The van der Waals surface area contributed by atoms with Crippen molar-refractivity contribution in [1.29, 1.82) is 0 Å². The second-order valence-corrected chi connectivity index (χ2v) is 10.5. The van der Waals surface area contributed by atoms with E-state index < -0.39 is 23.3 Å². The maximum Gasteiger partial charge on any atom is 0.259 e. The molecule has 1 saturated carbocycles. The Bertz CT molecular complexity index is 1520. The van der Waals surface area contributed by atoms with E-state index >= 15 is 0 Å². The van der Waals surface area contributed by atoms with Crippen LogP contribution in [-0.2, 0) is 11.4 Å². The third-order valence-electron chi connectivity index (χ3n) is 7.13. The van der Waals surface area contributed by atoms with E-state index in [9.17, 15) is 14.4 Å². The van der Waals surface area contributed by atoms with Gasteiger partial charge in [0.05, 0.1) is 0 Å². The second-order valence-electron chi connectivity index (χ2n) is 10.0. The van der Waals surface area contributed by atoms with Gasteiger partial charge in [0.25, 0.3) is 11.8 Å². The first-order chi connectivity index (χ1) is 20.0. The average Bonchev–Trinajstić information content (AvgIpc) is 3.01. The first kappa shape index (κ1) is 28.2. The molecule has 1 fully saturated rings. The fourth-order valence-electron chi connectivity index (χ4n) is 5.00. The number of carbonyl (C=O) groups excluding carboxylic acids is 2. The van der Waals surface area contributed by atoms with Crippen molar-refractivity contribution in [3.05, 3.63) is 129 Å². The van der Waals surface area contributed by atoms with Crippen LogP contribution in [0.3, 0.4) is 0 Å². The van der Waals surface area contributed by atoms with E-state index in [0.717, 1.165) is 37.7 Å². The van der Waals surface area contributed by atoms with Crippen LogP contribution in [0.15, 0.2) is 106 Å². The number of benzene rings is 3. The van der Waals surface area contributed by atoms with Gasteiger partial charge in [-0.25, -0.2) is 0 Å². The highest BCUT2D eigenvalue weighted by molar-refractivity contribution is 6.30. The van der Waals surface area contributed by atoms with Crippen LogP contribution in [0.1, 0.15) is 59.8 Å². The lowest BCUT2D eigenvalue weighted by Gasteiger charge is -2.32. The van der Waals surface area contributed by atoms with Crippen LogP contribution < -0.4 is 20.4 Å². The number of hydrogen-bond acceptors (Lipinski definition) is 5. The monoisotopic (exact) mass is 570 g/mol. The predicted molar refractivity (Wildman–Crippen MR) is 158 cm³/mol. The van der Waals surface area contributed by atoms with Gasteiger partial charge in [0.1, 0.15) is 18.6 Å². The number of amides is 2. The minimum absolute atomic E-state index is 0.0106. The van der Waals surface area contributed by atoms with Crippen LogP contribution in [0, 0.1) is 0 Å². The van der Waals surface area contributed by atoms with E-state index in [1.165, 1.54) is 17.2 Å². The molecule has 0 saturated heterocycles. The second kappa shape index (κ2) is 13.3. The number of nitrogens with one attached hydrogen (secondary N) is 1. The van der Waals surface area contributed by atoms with E-state index in [1.54, 1.807) is 48.5 Å². The van der Waals surface area contributed by atoms with Gasteiger partial charge in [-0.2, -0.15) is 0 Å². The molecule has 5 rings (SSSR count). The SMILES string of the molecule is O=C(NC1CCCCC1)C(c1cc(=O)c(OCc2ccccc2)co1)N(C(=O)c1ccccc1)c1ccc(Cl)cc1. The molecule has 0 radical (unpaired) electrons. The largest absolute Gasteiger partial charge is 0.482 e. The van der Waals surface area contributed by atoms with Crippen molar-refractivity contribution in [3.63, 3.8) is 0 Å². The first-order valence-electron chi connectivity index (χ1n) is 13.7. The molecule has 0 bridgehead atoms. The topological polar surface area (TPSA) is 88.8 Å². The summed E-state index contributed by atoms with van der Waals surface area (Å²) in [5, 5.41) is 3.60. The highest BCUT2D eigenvalue weighted by Crippen LogP contribution is 2.32. The van der Waals surface area contributed by atoms with E-state index in [2.05, 4.69) is 5.32 Å². The molecule has 1 aromatic heterocycles. The number of anilines is 1. The predicted octanol–water partition coefficient (Wildman–Crippen LogP) is 6.71. The smallest absolute Gasteiger partial charge is 0.259 e.